The average molecular weight is 303 g/mol. The van der Waals surface area contributed by atoms with E-state index >= 15 is 0 Å². The highest BCUT2D eigenvalue weighted by Crippen LogP contribution is 2.31. The van der Waals surface area contributed by atoms with Crippen molar-refractivity contribution in [3.05, 3.63) is 53.6 Å². The maximum absolute atomic E-state index is 11.5. The molecule has 0 aliphatic carbocycles. The van der Waals surface area contributed by atoms with E-state index in [1.165, 1.54) is 17.4 Å². The first-order chi connectivity index (χ1) is 9.78. The van der Waals surface area contributed by atoms with Crippen LogP contribution >= 0.6 is 0 Å². The van der Waals surface area contributed by atoms with E-state index < -0.39 is 10.0 Å². The van der Waals surface area contributed by atoms with Gasteiger partial charge in [-0.3, -0.25) is 4.72 Å². The monoisotopic (exact) mass is 303 g/mol. The van der Waals surface area contributed by atoms with Gasteiger partial charge in [-0.05, 0) is 35.6 Å². The lowest BCUT2D eigenvalue weighted by Crippen LogP contribution is -2.10. The normalized spacial score (nSPS) is 11.7. The van der Waals surface area contributed by atoms with Gasteiger partial charge in [0.25, 0.3) is 0 Å². The van der Waals surface area contributed by atoms with Crippen LogP contribution in [-0.4, -0.2) is 14.7 Å². The highest BCUT2D eigenvalue weighted by molar-refractivity contribution is 7.92. The van der Waals surface area contributed by atoms with Crippen LogP contribution in [0.15, 0.2) is 42.5 Å². The predicted octanol–water partition coefficient (Wildman–Crippen LogP) is 4.16. The number of para-hydroxylation sites is 1. The molecule has 0 amide bonds. The smallest absolute Gasteiger partial charge is 0.229 e. The van der Waals surface area contributed by atoms with Crippen molar-refractivity contribution in [1.82, 2.24) is 0 Å². The maximum Gasteiger partial charge on any atom is 0.229 e. The van der Waals surface area contributed by atoms with Crippen molar-refractivity contribution in [3.8, 4) is 11.1 Å². The van der Waals surface area contributed by atoms with E-state index in [-0.39, 0.29) is 0 Å². The lowest BCUT2D eigenvalue weighted by Gasteiger charge is -2.15. The molecule has 0 unspecified atom stereocenters. The molecular weight excluding hydrogens is 282 g/mol. The van der Waals surface area contributed by atoms with Gasteiger partial charge in [-0.15, -0.1) is 0 Å². The molecule has 0 saturated heterocycles. The molecule has 2 aromatic rings. The molecule has 0 spiro atoms. The minimum Gasteiger partial charge on any atom is -0.283 e. The third kappa shape index (κ3) is 3.85. The summed E-state index contributed by atoms with van der Waals surface area (Å²) < 4.78 is 25.6. The van der Waals surface area contributed by atoms with Gasteiger partial charge in [-0.2, -0.15) is 0 Å². The molecule has 0 aromatic heterocycles. The van der Waals surface area contributed by atoms with Gasteiger partial charge in [0.05, 0.1) is 11.9 Å². The second-order valence-corrected chi connectivity index (χ2v) is 7.39. The molecule has 0 aliphatic heterocycles. The number of rotatable bonds is 4. The molecule has 0 fully saturated rings. The summed E-state index contributed by atoms with van der Waals surface area (Å²) in [5.74, 6) is 0.431. The van der Waals surface area contributed by atoms with Gasteiger partial charge >= 0.3 is 0 Å². The van der Waals surface area contributed by atoms with Crippen LogP contribution in [0.3, 0.4) is 0 Å². The van der Waals surface area contributed by atoms with Crippen LogP contribution in [0, 0.1) is 6.92 Å². The van der Waals surface area contributed by atoms with E-state index in [4.69, 9.17) is 0 Å². The summed E-state index contributed by atoms with van der Waals surface area (Å²) in [6.07, 6.45) is 1.17. The zero-order chi connectivity index (χ0) is 15.6. The van der Waals surface area contributed by atoms with Crippen LogP contribution in [0.25, 0.3) is 11.1 Å². The van der Waals surface area contributed by atoms with Crippen molar-refractivity contribution in [1.29, 1.82) is 0 Å². The van der Waals surface area contributed by atoms with Crippen molar-refractivity contribution in [2.45, 2.75) is 26.7 Å². The molecule has 1 N–H and O–H groups in total. The standard InChI is InChI=1S/C17H21NO2S/c1-12(2)16-11-14(10-9-13(16)3)15-7-5-6-8-17(15)18-21(4,19)20/h5-12,18H,1-4H3. The number of aryl methyl sites for hydroxylation is 1. The lowest BCUT2D eigenvalue weighted by molar-refractivity contribution is 0.607. The summed E-state index contributed by atoms with van der Waals surface area (Å²) in [5.41, 5.74) is 5.06. The Labute approximate surface area is 127 Å². The predicted molar refractivity (Wildman–Crippen MR) is 89.2 cm³/mol. The fourth-order valence-electron chi connectivity index (χ4n) is 2.45. The van der Waals surface area contributed by atoms with Gasteiger partial charge in [-0.25, -0.2) is 8.42 Å². The van der Waals surface area contributed by atoms with E-state index in [9.17, 15) is 8.42 Å². The van der Waals surface area contributed by atoms with E-state index in [1.54, 1.807) is 6.07 Å². The van der Waals surface area contributed by atoms with Crippen LogP contribution < -0.4 is 4.72 Å². The molecule has 0 heterocycles. The molecule has 0 bridgehead atoms. The third-order valence-electron chi connectivity index (χ3n) is 3.43. The van der Waals surface area contributed by atoms with Crippen LogP contribution in [0.4, 0.5) is 5.69 Å². The number of hydrogen-bond acceptors (Lipinski definition) is 2. The number of anilines is 1. The molecular formula is C17H21NO2S. The van der Waals surface area contributed by atoms with E-state index in [1.807, 2.05) is 24.3 Å². The first-order valence-electron chi connectivity index (χ1n) is 6.95. The van der Waals surface area contributed by atoms with Crippen LogP contribution in [0.1, 0.15) is 30.9 Å². The van der Waals surface area contributed by atoms with Gasteiger partial charge in [0.1, 0.15) is 0 Å². The SMILES string of the molecule is Cc1ccc(-c2ccccc2NS(C)(=O)=O)cc1C(C)C. The average Bonchev–Trinajstić information content (AvgIpc) is 2.38. The summed E-state index contributed by atoms with van der Waals surface area (Å²) in [6.45, 7) is 6.42. The molecule has 0 radical (unpaired) electrons. The molecule has 0 aliphatic rings. The second kappa shape index (κ2) is 5.90. The van der Waals surface area contributed by atoms with Gasteiger partial charge in [0, 0.05) is 5.56 Å². The summed E-state index contributed by atoms with van der Waals surface area (Å²) >= 11 is 0. The Bertz CT molecular complexity index is 749. The van der Waals surface area contributed by atoms with Crippen molar-refractivity contribution >= 4 is 15.7 Å². The van der Waals surface area contributed by atoms with Crippen molar-refractivity contribution in [3.63, 3.8) is 0 Å². The molecule has 4 heteroatoms. The largest absolute Gasteiger partial charge is 0.283 e. The number of sulfonamides is 1. The van der Waals surface area contributed by atoms with Crippen LogP contribution in [-0.2, 0) is 10.0 Å². The van der Waals surface area contributed by atoms with Crippen molar-refractivity contribution < 1.29 is 8.42 Å². The van der Waals surface area contributed by atoms with Gasteiger partial charge < -0.3 is 0 Å². The maximum atomic E-state index is 11.5. The van der Waals surface area contributed by atoms with Crippen LogP contribution in [0.2, 0.25) is 0 Å². The van der Waals surface area contributed by atoms with Gasteiger partial charge in [0.2, 0.25) is 10.0 Å². The molecule has 3 nitrogen and oxygen atoms in total. The van der Waals surface area contributed by atoms with E-state index in [0.717, 1.165) is 11.1 Å². The van der Waals surface area contributed by atoms with Crippen molar-refractivity contribution in [2.24, 2.45) is 0 Å². The Hall–Kier alpha value is -1.81. The van der Waals surface area contributed by atoms with E-state index in [0.29, 0.717) is 11.6 Å². The molecule has 2 rings (SSSR count). The Kier molecular flexibility index (Phi) is 4.37. The molecule has 0 atom stereocenters. The summed E-state index contributed by atoms with van der Waals surface area (Å²) in [5, 5.41) is 0. The van der Waals surface area contributed by atoms with Crippen molar-refractivity contribution in [2.75, 3.05) is 11.0 Å². The highest BCUT2D eigenvalue weighted by atomic mass is 32.2. The Morgan fingerprint density at radius 3 is 2.33 bits per heavy atom. The third-order valence-corrected chi connectivity index (χ3v) is 4.03. The number of benzene rings is 2. The molecule has 2 aromatic carbocycles. The van der Waals surface area contributed by atoms with E-state index in [2.05, 4.69) is 37.6 Å². The van der Waals surface area contributed by atoms with Crippen LogP contribution in [0.5, 0.6) is 0 Å². The second-order valence-electron chi connectivity index (χ2n) is 5.65. The minimum atomic E-state index is -3.29. The molecule has 0 saturated carbocycles. The quantitative estimate of drug-likeness (QED) is 0.922. The van der Waals surface area contributed by atoms with Gasteiger partial charge in [0.15, 0.2) is 0 Å². The Balaban J connectivity index is 2.55. The lowest BCUT2D eigenvalue weighted by atomic mass is 9.93. The minimum absolute atomic E-state index is 0.431. The summed E-state index contributed by atoms with van der Waals surface area (Å²) in [4.78, 5) is 0. The first-order valence-corrected chi connectivity index (χ1v) is 8.85. The zero-order valence-electron chi connectivity index (χ0n) is 12.8. The fraction of sp³-hybridized carbons (Fsp3) is 0.294. The molecule has 21 heavy (non-hydrogen) atoms. The first kappa shape index (κ1) is 15.6. The van der Waals surface area contributed by atoms with Gasteiger partial charge in [-0.1, -0.05) is 50.2 Å². The number of hydrogen-bond donors (Lipinski definition) is 1. The Morgan fingerprint density at radius 1 is 1.05 bits per heavy atom. The number of nitrogens with one attached hydrogen (secondary N) is 1. The molecule has 112 valence electrons. The summed E-state index contributed by atoms with van der Waals surface area (Å²) in [7, 11) is -3.29. The zero-order valence-corrected chi connectivity index (χ0v) is 13.7. The summed E-state index contributed by atoms with van der Waals surface area (Å²) in [6, 6.07) is 13.7. The topological polar surface area (TPSA) is 46.2 Å². The fourth-order valence-corrected chi connectivity index (χ4v) is 3.03. The highest BCUT2D eigenvalue weighted by Gasteiger charge is 2.11. The Morgan fingerprint density at radius 2 is 1.71 bits per heavy atom.